The third kappa shape index (κ3) is 4.96. The van der Waals surface area contributed by atoms with Crippen molar-refractivity contribution in [2.24, 2.45) is 5.41 Å². The molecule has 1 saturated heterocycles. The zero-order valence-corrected chi connectivity index (χ0v) is 23.7. The minimum Gasteiger partial charge on any atom is -0.415 e. The predicted molar refractivity (Wildman–Crippen MR) is 149 cm³/mol. The number of piperidine rings is 1. The number of pyridine rings is 1. The van der Waals surface area contributed by atoms with Crippen molar-refractivity contribution in [2.45, 2.75) is 69.2 Å². The molecule has 3 aliphatic rings. The zero-order valence-electron chi connectivity index (χ0n) is 22.9. The first-order valence-corrected chi connectivity index (χ1v) is 15.8. The smallest absolute Gasteiger partial charge is 0.314 e. The lowest BCUT2D eigenvalue weighted by molar-refractivity contribution is -0.0594. The topological polar surface area (TPSA) is 96.8 Å². The third-order valence-electron chi connectivity index (χ3n) is 9.26. The maximum Gasteiger partial charge on any atom is 0.314 e. The number of hydrogen-bond donors (Lipinski definition) is 0. The summed E-state index contributed by atoms with van der Waals surface area (Å²) < 4.78 is 76.3. The molecule has 2 saturated carbocycles. The first-order valence-electron chi connectivity index (χ1n) is 14.3. The standard InChI is InChI=1S/C29H31F3N6O3S/c30-20-3-1-4-22(14-20)38(42(39,40)24-6-11-36(12-7-24)23-15-29(16-23)8-2-9-29)18-21-17-37-10-5-19(13-25(37)33-21)27-34-35-28(41-27)26(31)32/h1,3-5,10,13-14,17,23-24,26H,2,6-9,11-12,15-16,18H2. The fourth-order valence-electron chi connectivity index (χ4n) is 6.79. The van der Waals surface area contributed by atoms with Gasteiger partial charge in [0.05, 0.1) is 23.2 Å². The molecule has 4 heterocycles. The molecule has 13 heteroatoms. The molecule has 4 aromatic rings. The van der Waals surface area contributed by atoms with E-state index in [4.69, 9.17) is 4.42 Å². The summed E-state index contributed by atoms with van der Waals surface area (Å²) in [4.78, 5) is 7.04. The van der Waals surface area contributed by atoms with E-state index in [0.29, 0.717) is 41.2 Å². The van der Waals surface area contributed by atoms with Gasteiger partial charge in [-0.2, -0.15) is 8.78 Å². The monoisotopic (exact) mass is 600 g/mol. The van der Waals surface area contributed by atoms with E-state index in [1.165, 1.54) is 54.6 Å². The van der Waals surface area contributed by atoms with Crippen LogP contribution < -0.4 is 4.31 Å². The lowest BCUT2D eigenvalue weighted by Gasteiger charge is -2.58. The van der Waals surface area contributed by atoms with Crippen molar-refractivity contribution < 1.29 is 26.0 Å². The van der Waals surface area contributed by atoms with Gasteiger partial charge in [-0.25, -0.2) is 17.8 Å². The van der Waals surface area contributed by atoms with Crippen LogP contribution in [-0.2, 0) is 16.6 Å². The Hall–Kier alpha value is -3.45. The van der Waals surface area contributed by atoms with Crippen molar-refractivity contribution in [1.29, 1.82) is 0 Å². The molecule has 0 radical (unpaired) electrons. The molecule has 0 N–H and O–H groups in total. The summed E-state index contributed by atoms with van der Waals surface area (Å²) in [5, 5.41) is 6.46. The van der Waals surface area contributed by atoms with Gasteiger partial charge in [-0.1, -0.05) is 12.5 Å². The van der Waals surface area contributed by atoms with Gasteiger partial charge in [0.25, 0.3) is 5.89 Å². The summed E-state index contributed by atoms with van der Waals surface area (Å²) in [7, 11) is -3.85. The van der Waals surface area contributed by atoms with Crippen LogP contribution in [0.3, 0.4) is 0 Å². The fourth-order valence-corrected chi connectivity index (χ4v) is 8.68. The van der Waals surface area contributed by atoms with Gasteiger partial charge in [0.2, 0.25) is 15.9 Å². The number of nitrogens with zero attached hydrogens (tertiary/aromatic N) is 6. The molecule has 0 amide bonds. The van der Waals surface area contributed by atoms with E-state index in [-0.39, 0.29) is 18.1 Å². The van der Waals surface area contributed by atoms with Crippen LogP contribution in [0.2, 0.25) is 0 Å². The van der Waals surface area contributed by atoms with Gasteiger partial charge in [0.15, 0.2) is 0 Å². The molecule has 1 aliphatic heterocycles. The maximum absolute atomic E-state index is 14.3. The van der Waals surface area contributed by atoms with Crippen molar-refractivity contribution in [3.05, 3.63) is 66.2 Å². The molecule has 42 heavy (non-hydrogen) atoms. The van der Waals surface area contributed by atoms with Crippen molar-refractivity contribution in [3.63, 3.8) is 0 Å². The highest BCUT2D eigenvalue weighted by molar-refractivity contribution is 7.93. The summed E-state index contributed by atoms with van der Waals surface area (Å²) in [6, 6.07) is 9.36. The second-order valence-corrected chi connectivity index (χ2v) is 14.0. The fraction of sp³-hybridized carbons (Fsp3) is 0.483. The second-order valence-electron chi connectivity index (χ2n) is 11.8. The average Bonchev–Trinajstić information content (AvgIpc) is 3.57. The summed E-state index contributed by atoms with van der Waals surface area (Å²) in [6.45, 7) is 1.38. The number of fused-ring (bicyclic) bond motifs is 1. The van der Waals surface area contributed by atoms with Gasteiger partial charge in [0, 0.05) is 24.0 Å². The lowest BCUT2D eigenvalue weighted by Crippen LogP contribution is -2.56. The van der Waals surface area contributed by atoms with Crippen molar-refractivity contribution in [3.8, 4) is 11.5 Å². The summed E-state index contributed by atoms with van der Waals surface area (Å²) >= 11 is 0. The van der Waals surface area contributed by atoms with Gasteiger partial charge in [-0.3, -0.25) is 4.31 Å². The van der Waals surface area contributed by atoms with Gasteiger partial charge < -0.3 is 13.7 Å². The summed E-state index contributed by atoms with van der Waals surface area (Å²) in [6.07, 6.45) is 7.97. The molecule has 0 unspecified atom stereocenters. The molecular formula is C29H31F3N6O3S. The van der Waals surface area contributed by atoms with E-state index in [2.05, 4.69) is 20.1 Å². The largest absolute Gasteiger partial charge is 0.415 e. The number of alkyl halides is 2. The van der Waals surface area contributed by atoms with E-state index < -0.39 is 33.4 Å². The predicted octanol–water partition coefficient (Wildman–Crippen LogP) is 5.59. The Morgan fingerprint density at radius 1 is 1.10 bits per heavy atom. The number of halogens is 3. The molecule has 2 aliphatic carbocycles. The lowest BCUT2D eigenvalue weighted by atomic mass is 9.53. The number of benzene rings is 1. The normalized spacial score (nSPS) is 19.8. The number of sulfonamides is 1. The first-order chi connectivity index (χ1) is 20.2. The molecule has 222 valence electrons. The molecule has 0 bridgehead atoms. The summed E-state index contributed by atoms with van der Waals surface area (Å²) in [5.41, 5.74) is 2.09. The van der Waals surface area contributed by atoms with E-state index in [1.807, 2.05) is 0 Å². The maximum atomic E-state index is 14.3. The van der Waals surface area contributed by atoms with Gasteiger partial charge in [0.1, 0.15) is 11.5 Å². The number of likely N-dealkylation sites (tertiary alicyclic amines) is 1. The molecule has 9 nitrogen and oxygen atoms in total. The van der Waals surface area contributed by atoms with Crippen molar-refractivity contribution in [2.75, 3.05) is 17.4 Å². The molecule has 3 fully saturated rings. The Morgan fingerprint density at radius 3 is 2.55 bits per heavy atom. The third-order valence-corrected chi connectivity index (χ3v) is 11.5. The first kappa shape index (κ1) is 27.4. The van der Waals surface area contributed by atoms with Crippen LogP contribution in [-0.4, -0.2) is 57.3 Å². The minimum absolute atomic E-state index is 0.0718. The number of rotatable bonds is 8. The molecule has 0 atom stereocenters. The minimum atomic E-state index is -3.85. The van der Waals surface area contributed by atoms with Gasteiger partial charge >= 0.3 is 6.43 Å². The highest BCUT2D eigenvalue weighted by Crippen LogP contribution is 2.57. The Morgan fingerprint density at radius 2 is 1.88 bits per heavy atom. The molecule has 1 aromatic carbocycles. The number of hydrogen-bond acceptors (Lipinski definition) is 7. The number of anilines is 1. The Labute approximate surface area is 241 Å². The molecule has 1 spiro atoms. The Bertz CT molecular complexity index is 1700. The van der Waals surface area contributed by atoms with Crippen LogP contribution in [0.1, 0.15) is 63.0 Å². The SMILES string of the molecule is O=S(=O)(C1CCN(C2CC3(CCC3)C2)CC1)N(Cc1cn2ccc(-c3nnc(C(F)F)o3)cc2n1)c1cccc(F)c1. The van der Waals surface area contributed by atoms with Crippen LogP contribution in [0.5, 0.6) is 0 Å². The Kier molecular flexibility index (Phi) is 6.76. The van der Waals surface area contributed by atoms with Crippen LogP contribution in [0, 0.1) is 11.2 Å². The van der Waals surface area contributed by atoms with Crippen LogP contribution in [0.4, 0.5) is 18.9 Å². The average molecular weight is 601 g/mol. The second kappa shape index (κ2) is 10.4. The Balaban J connectivity index is 1.12. The quantitative estimate of drug-likeness (QED) is 0.260. The van der Waals surface area contributed by atoms with Crippen molar-refractivity contribution in [1.82, 2.24) is 24.5 Å². The summed E-state index contributed by atoms with van der Waals surface area (Å²) in [5.74, 6) is -1.37. The highest BCUT2D eigenvalue weighted by Gasteiger charge is 2.50. The van der Waals surface area contributed by atoms with E-state index in [0.717, 1.165) is 13.1 Å². The van der Waals surface area contributed by atoms with Crippen LogP contribution in [0.25, 0.3) is 17.1 Å². The molecular weight excluding hydrogens is 569 g/mol. The van der Waals surface area contributed by atoms with Gasteiger partial charge in [-0.05, 0) is 87.4 Å². The van der Waals surface area contributed by atoms with E-state index in [1.54, 1.807) is 35.0 Å². The van der Waals surface area contributed by atoms with Crippen LogP contribution in [0.15, 0.2) is 53.2 Å². The van der Waals surface area contributed by atoms with Gasteiger partial charge in [-0.15, -0.1) is 10.2 Å². The van der Waals surface area contributed by atoms with E-state index >= 15 is 0 Å². The number of imidazole rings is 1. The number of aromatic nitrogens is 4. The molecule has 7 rings (SSSR count). The molecule has 3 aromatic heterocycles. The van der Waals surface area contributed by atoms with Crippen molar-refractivity contribution >= 4 is 21.4 Å². The zero-order chi connectivity index (χ0) is 29.1. The van der Waals surface area contributed by atoms with Crippen LogP contribution >= 0.6 is 0 Å². The highest BCUT2D eigenvalue weighted by atomic mass is 32.2. The van der Waals surface area contributed by atoms with E-state index in [9.17, 15) is 21.6 Å².